The van der Waals surface area contributed by atoms with Gasteiger partial charge in [0.2, 0.25) is 5.76 Å². The second kappa shape index (κ2) is 4.76. The molecule has 1 aromatic rings. The summed E-state index contributed by atoms with van der Waals surface area (Å²) in [5.74, 6) is 0.526. The zero-order chi connectivity index (χ0) is 10.6. The minimum Gasteiger partial charge on any atom is -0.436 e. The van der Waals surface area contributed by atoms with Crippen LogP contribution in [0.15, 0.2) is 4.42 Å². The second-order valence-electron chi connectivity index (χ2n) is 2.90. The molecule has 0 radical (unpaired) electrons. The van der Waals surface area contributed by atoms with Gasteiger partial charge >= 0.3 is 0 Å². The maximum absolute atomic E-state index is 11.5. The maximum Gasteiger partial charge on any atom is 0.289 e. The molecular formula is C9H14N2O3. The third-order valence-electron chi connectivity index (χ3n) is 1.70. The van der Waals surface area contributed by atoms with Crippen molar-refractivity contribution in [2.45, 2.75) is 13.8 Å². The van der Waals surface area contributed by atoms with Gasteiger partial charge in [-0.2, -0.15) is 0 Å². The van der Waals surface area contributed by atoms with Crippen LogP contribution in [0.5, 0.6) is 0 Å². The zero-order valence-corrected chi connectivity index (χ0v) is 8.59. The minimum absolute atomic E-state index is 0.250. The van der Waals surface area contributed by atoms with E-state index >= 15 is 0 Å². The van der Waals surface area contributed by atoms with E-state index in [0.29, 0.717) is 24.7 Å². The van der Waals surface area contributed by atoms with Gasteiger partial charge in [0.15, 0.2) is 5.89 Å². The molecule has 0 aromatic carbocycles. The Balaban J connectivity index is 2.56. The van der Waals surface area contributed by atoms with Crippen LogP contribution in [0.1, 0.15) is 22.1 Å². The topological polar surface area (TPSA) is 64.4 Å². The Kier molecular flexibility index (Phi) is 3.64. The summed E-state index contributed by atoms with van der Waals surface area (Å²) in [6, 6.07) is 0. The van der Waals surface area contributed by atoms with E-state index in [2.05, 4.69) is 10.3 Å². The molecule has 0 fully saturated rings. The highest BCUT2D eigenvalue weighted by molar-refractivity contribution is 5.92. The molecular weight excluding hydrogens is 184 g/mol. The van der Waals surface area contributed by atoms with Crippen LogP contribution in [0.4, 0.5) is 0 Å². The van der Waals surface area contributed by atoms with Crippen LogP contribution in [0.25, 0.3) is 0 Å². The lowest BCUT2D eigenvalue weighted by Gasteiger charge is -2.01. The first-order valence-electron chi connectivity index (χ1n) is 4.36. The van der Waals surface area contributed by atoms with Crippen LogP contribution in [-0.2, 0) is 4.74 Å². The standard InChI is InChI=1S/C9H14N2O3/c1-6-8(14-7(2)11-6)9(12)10-4-5-13-3/h4-5H2,1-3H3,(H,10,12). The quantitative estimate of drug-likeness (QED) is 0.722. The monoisotopic (exact) mass is 198 g/mol. The maximum atomic E-state index is 11.5. The number of hydrogen-bond donors (Lipinski definition) is 1. The number of aromatic nitrogens is 1. The summed E-state index contributed by atoms with van der Waals surface area (Å²) in [7, 11) is 1.58. The van der Waals surface area contributed by atoms with Crippen LogP contribution in [0.2, 0.25) is 0 Å². The lowest BCUT2D eigenvalue weighted by Crippen LogP contribution is -2.27. The van der Waals surface area contributed by atoms with E-state index in [4.69, 9.17) is 9.15 Å². The van der Waals surface area contributed by atoms with Gasteiger partial charge in [-0.3, -0.25) is 4.79 Å². The molecule has 0 aliphatic heterocycles. The fourth-order valence-corrected chi connectivity index (χ4v) is 1.09. The van der Waals surface area contributed by atoms with Gasteiger partial charge < -0.3 is 14.5 Å². The molecule has 0 aliphatic carbocycles. The van der Waals surface area contributed by atoms with Crippen molar-refractivity contribution >= 4 is 5.91 Å². The first kappa shape index (κ1) is 10.7. The Morgan fingerprint density at radius 2 is 2.29 bits per heavy atom. The van der Waals surface area contributed by atoms with Gasteiger partial charge in [-0.25, -0.2) is 4.98 Å². The molecule has 0 bridgehead atoms. The highest BCUT2D eigenvalue weighted by atomic mass is 16.5. The minimum atomic E-state index is -0.250. The lowest BCUT2D eigenvalue weighted by molar-refractivity contribution is 0.0907. The molecule has 5 nitrogen and oxygen atoms in total. The van der Waals surface area contributed by atoms with E-state index < -0.39 is 0 Å². The molecule has 0 spiro atoms. The van der Waals surface area contributed by atoms with Crippen LogP contribution >= 0.6 is 0 Å². The van der Waals surface area contributed by atoms with Crippen LogP contribution in [-0.4, -0.2) is 31.2 Å². The summed E-state index contributed by atoms with van der Waals surface area (Å²) in [6.45, 7) is 4.40. The molecule has 1 N–H and O–H groups in total. The van der Waals surface area contributed by atoms with Crippen LogP contribution < -0.4 is 5.32 Å². The molecule has 0 unspecified atom stereocenters. The fraction of sp³-hybridized carbons (Fsp3) is 0.556. The third-order valence-corrected chi connectivity index (χ3v) is 1.70. The van der Waals surface area contributed by atoms with E-state index in [0.717, 1.165) is 0 Å². The number of carbonyl (C=O) groups is 1. The van der Waals surface area contributed by atoms with Gasteiger partial charge in [0.1, 0.15) is 0 Å². The normalized spacial score (nSPS) is 10.2. The highest BCUT2D eigenvalue weighted by Crippen LogP contribution is 2.08. The highest BCUT2D eigenvalue weighted by Gasteiger charge is 2.14. The number of nitrogens with one attached hydrogen (secondary N) is 1. The molecule has 14 heavy (non-hydrogen) atoms. The molecule has 0 aliphatic rings. The van der Waals surface area contributed by atoms with E-state index in [1.807, 2.05) is 0 Å². The van der Waals surface area contributed by atoms with Crippen LogP contribution in [0.3, 0.4) is 0 Å². The summed E-state index contributed by atoms with van der Waals surface area (Å²) in [5.41, 5.74) is 0.609. The summed E-state index contributed by atoms with van der Waals surface area (Å²) < 4.78 is 9.95. The number of hydrogen-bond acceptors (Lipinski definition) is 4. The number of carbonyl (C=O) groups excluding carboxylic acids is 1. The molecule has 1 heterocycles. The van der Waals surface area contributed by atoms with Gasteiger partial charge in [-0.1, -0.05) is 0 Å². The Hall–Kier alpha value is -1.36. The first-order valence-corrected chi connectivity index (χ1v) is 4.36. The number of ether oxygens (including phenoxy) is 1. The summed E-state index contributed by atoms with van der Waals surface area (Å²) in [6.07, 6.45) is 0. The number of amides is 1. The van der Waals surface area contributed by atoms with Crippen molar-refractivity contribution in [3.63, 3.8) is 0 Å². The van der Waals surface area contributed by atoms with Gasteiger partial charge in [0.25, 0.3) is 5.91 Å². The average molecular weight is 198 g/mol. The van der Waals surface area contributed by atoms with Crippen molar-refractivity contribution in [1.82, 2.24) is 10.3 Å². The molecule has 5 heteroatoms. The largest absolute Gasteiger partial charge is 0.436 e. The van der Waals surface area contributed by atoms with Gasteiger partial charge in [0.05, 0.1) is 12.3 Å². The lowest BCUT2D eigenvalue weighted by atomic mass is 10.3. The predicted molar refractivity (Wildman–Crippen MR) is 50.2 cm³/mol. The van der Waals surface area contributed by atoms with E-state index in [1.165, 1.54) is 0 Å². The smallest absolute Gasteiger partial charge is 0.289 e. The van der Waals surface area contributed by atoms with Crippen molar-refractivity contribution in [3.05, 3.63) is 17.3 Å². The first-order chi connectivity index (χ1) is 6.65. The SMILES string of the molecule is COCCNC(=O)c1oc(C)nc1C. The van der Waals surface area contributed by atoms with Gasteiger partial charge in [-0.15, -0.1) is 0 Å². The van der Waals surface area contributed by atoms with E-state index in [1.54, 1.807) is 21.0 Å². The molecule has 0 saturated heterocycles. The summed E-state index contributed by atoms with van der Waals surface area (Å²) >= 11 is 0. The Morgan fingerprint density at radius 3 is 2.79 bits per heavy atom. The number of rotatable bonds is 4. The third kappa shape index (κ3) is 2.56. The van der Waals surface area contributed by atoms with Gasteiger partial charge in [-0.05, 0) is 6.92 Å². The van der Waals surface area contributed by atoms with Gasteiger partial charge in [0, 0.05) is 20.6 Å². The Labute approximate surface area is 82.5 Å². The summed E-state index contributed by atoms with van der Waals surface area (Å²) in [4.78, 5) is 15.5. The van der Waals surface area contributed by atoms with E-state index in [-0.39, 0.29) is 11.7 Å². The molecule has 0 atom stereocenters. The Bertz CT molecular complexity index is 320. The molecule has 1 rings (SSSR count). The predicted octanol–water partition coefficient (Wildman–Crippen LogP) is 0.668. The van der Waals surface area contributed by atoms with Crippen molar-refractivity contribution in [2.24, 2.45) is 0 Å². The van der Waals surface area contributed by atoms with Crippen molar-refractivity contribution in [2.75, 3.05) is 20.3 Å². The van der Waals surface area contributed by atoms with Crippen molar-refractivity contribution in [3.8, 4) is 0 Å². The fourth-order valence-electron chi connectivity index (χ4n) is 1.09. The second-order valence-corrected chi connectivity index (χ2v) is 2.90. The van der Waals surface area contributed by atoms with Crippen LogP contribution in [0, 0.1) is 13.8 Å². The molecule has 1 amide bonds. The molecule has 1 aromatic heterocycles. The number of nitrogens with zero attached hydrogens (tertiary/aromatic N) is 1. The average Bonchev–Trinajstić information content (AvgIpc) is 2.45. The number of oxazole rings is 1. The summed E-state index contributed by atoms with van der Waals surface area (Å²) in [5, 5.41) is 2.66. The Morgan fingerprint density at radius 1 is 1.57 bits per heavy atom. The molecule has 78 valence electrons. The number of methoxy groups -OCH3 is 1. The van der Waals surface area contributed by atoms with E-state index in [9.17, 15) is 4.79 Å². The number of aryl methyl sites for hydroxylation is 2. The zero-order valence-electron chi connectivity index (χ0n) is 8.59. The van der Waals surface area contributed by atoms with Crippen molar-refractivity contribution in [1.29, 1.82) is 0 Å². The van der Waals surface area contributed by atoms with Crippen molar-refractivity contribution < 1.29 is 13.9 Å². The molecule has 0 saturated carbocycles.